The highest BCUT2D eigenvalue weighted by Gasteiger charge is 2.32. The number of nitrogens with zero attached hydrogens (tertiary/aromatic N) is 1. The Morgan fingerprint density at radius 2 is 2.41 bits per heavy atom. The lowest BCUT2D eigenvalue weighted by molar-refractivity contribution is 0.438. The van der Waals surface area contributed by atoms with Gasteiger partial charge in [0.15, 0.2) is 15.7 Å². The quantitative estimate of drug-likeness (QED) is 0.858. The van der Waals surface area contributed by atoms with Gasteiger partial charge in [-0.3, -0.25) is 0 Å². The van der Waals surface area contributed by atoms with Gasteiger partial charge in [-0.1, -0.05) is 0 Å². The van der Waals surface area contributed by atoms with Crippen LogP contribution >= 0.6 is 0 Å². The molecule has 0 aliphatic carbocycles. The van der Waals surface area contributed by atoms with Crippen LogP contribution in [-0.4, -0.2) is 30.4 Å². The molecule has 0 radical (unpaired) electrons. The highest BCUT2D eigenvalue weighted by molar-refractivity contribution is 7.92. The summed E-state index contributed by atoms with van der Waals surface area (Å²) in [4.78, 5) is 4.11. The molecule has 1 aromatic rings. The molecule has 2 unspecified atom stereocenters. The molecule has 1 saturated heterocycles. The SMILES string of the molecule is CC(N)Cc1cnc(CC2CCCS2(=O)=O)o1. The van der Waals surface area contributed by atoms with Crippen molar-refractivity contribution < 1.29 is 12.8 Å². The molecular formula is C11H18N2O3S. The Bertz CT molecular complexity index is 479. The second-order valence-corrected chi connectivity index (χ2v) is 7.14. The molecule has 1 aromatic heterocycles. The molecule has 17 heavy (non-hydrogen) atoms. The molecule has 0 spiro atoms. The molecule has 2 N–H and O–H groups in total. The third-order valence-corrected chi connectivity index (χ3v) is 5.27. The number of hydrogen-bond donors (Lipinski definition) is 1. The molecule has 6 heteroatoms. The fourth-order valence-corrected chi connectivity index (χ4v) is 3.96. The van der Waals surface area contributed by atoms with E-state index in [1.54, 1.807) is 6.20 Å². The van der Waals surface area contributed by atoms with Gasteiger partial charge in [0.25, 0.3) is 0 Å². The maximum atomic E-state index is 11.7. The van der Waals surface area contributed by atoms with Gasteiger partial charge in [0.2, 0.25) is 0 Å². The summed E-state index contributed by atoms with van der Waals surface area (Å²) in [6, 6.07) is 0.0195. The van der Waals surface area contributed by atoms with Crippen LogP contribution in [0.2, 0.25) is 0 Å². The summed E-state index contributed by atoms with van der Waals surface area (Å²) in [5.41, 5.74) is 5.66. The largest absolute Gasteiger partial charge is 0.446 e. The minimum absolute atomic E-state index is 0.0195. The second kappa shape index (κ2) is 4.78. The number of hydrogen-bond acceptors (Lipinski definition) is 5. The Morgan fingerprint density at radius 3 is 3.00 bits per heavy atom. The fourth-order valence-electron chi connectivity index (χ4n) is 2.14. The van der Waals surface area contributed by atoms with Gasteiger partial charge >= 0.3 is 0 Å². The number of aromatic nitrogens is 1. The van der Waals surface area contributed by atoms with Crippen LogP contribution < -0.4 is 5.73 Å². The van der Waals surface area contributed by atoms with Gasteiger partial charge in [-0.15, -0.1) is 0 Å². The van der Waals surface area contributed by atoms with Crippen molar-refractivity contribution >= 4 is 9.84 Å². The van der Waals surface area contributed by atoms with Crippen molar-refractivity contribution in [1.29, 1.82) is 0 Å². The molecule has 2 heterocycles. The summed E-state index contributed by atoms with van der Waals surface area (Å²) in [6.45, 7) is 1.89. The fraction of sp³-hybridized carbons (Fsp3) is 0.727. The third kappa shape index (κ3) is 3.07. The predicted octanol–water partition coefficient (Wildman–Crippen LogP) is 0.684. The van der Waals surface area contributed by atoms with E-state index in [1.165, 1.54) is 0 Å². The van der Waals surface area contributed by atoms with Gasteiger partial charge in [0, 0.05) is 18.9 Å². The number of nitrogens with two attached hydrogens (primary N) is 1. The molecule has 1 aliphatic heterocycles. The van der Waals surface area contributed by atoms with Gasteiger partial charge in [-0.2, -0.15) is 0 Å². The molecule has 2 atom stereocenters. The minimum Gasteiger partial charge on any atom is -0.446 e. The van der Waals surface area contributed by atoms with Gasteiger partial charge in [-0.05, 0) is 19.8 Å². The first kappa shape index (κ1) is 12.6. The zero-order valence-electron chi connectivity index (χ0n) is 9.93. The smallest absolute Gasteiger partial charge is 0.195 e. The lowest BCUT2D eigenvalue weighted by Crippen LogP contribution is -2.18. The van der Waals surface area contributed by atoms with E-state index < -0.39 is 9.84 Å². The van der Waals surface area contributed by atoms with E-state index in [1.807, 2.05) is 6.92 Å². The Hall–Kier alpha value is -0.880. The minimum atomic E-state index is -2.92. The van der Waals surface area contributed by atoms with Gasteiger partial charge in [0.05, 0.1) is 17.2 Å². The van der Waals surface area contributed by atoms with Crippen LogP contribution in [0.25, 0.3) is 0 Å². The molecule has 0 bridgehead atoms. The standard InChI is InChI=1S/C11H18N2O3S/c1-8(12)5-9-7-13-11(16-9)6-10-3-2-4-17(10,14)15/h7-8,10H,2-6,12H2,1H3. The van der Waals surface area contributed by atoms with E-state index in [9.17, 15) is 8.42 Å². The lowest BCUT2D eigenvalue weighted by Gasteiger charge is -2.05. The summed E-state index contributed by atoms with van der Waals surface area (Å²) in [5, 5.41) is -0.315. The summed E-state index contributed by atoms with van der Waals surface area (Å²) >= 11 is 0. The molecule has 5 nitrogen and oxygen atoms in total. The first-order valence-corrected chi connectivity index (χ1v) is 7.59. The topological polar surface area (TPSA) is 86.2 Å². The molecule has 96 valence electrons. The van der Waals surface area contributed by atoms with E-state index in [2.05, 4.69) is 4.98 Å². The summed E-state index contributed by atoms with van der Waals surface area (Å²) in [5.74, 6) is 1.53. The number of sulfone groups is 1. The van der Waals surface area contributed by atoms with E-state index >= 15 is 0 Å². The molecule has 0 aromatic carbocycles. The van der Waals surface area contributed by atoms with Crippen molar-refractivity contribution in [2.24, 2.45) is 5.73 Å². The number of oxazole rings is 1. The van der Waals surface area contributed by atoms with Crippen molar-refractivity contribution in [2.45, 2.75) is 43.9 Å². The molecule has 2 rings (SSSR count). The van der Waals surface area contributed by atoms with Gasteiger partial charge in [0.1, 0.15) is 5.76 Å². The zero-order chi connectivity index (χ0) is 12.5. The van der Waals surface area contributed by atoms with Crippen molar-refractivity contribution in [3.05, 3.63) is 17.8 Å². The van der Waals surface area contributed by atoms with E-state index in [4.69, 9.17) is 10.2 Å². The van der Waals surface area contributed by atoms with Crippen LogP contribution in [0.3, 0.4) is 0 Å². The summed E-state index contributed by atoms with van der Waals surface area (Å²) in [7, 11) is -2.92. The summed E-state index contributed by atoms with van der Waals surface area (Å²) in [6.07, 6.45) is 4.12. The maximum Gasteiger partial charge on any atom is 0.195 e. The van der Waals surface area contributed by atoms with Gasteiger partial charge < -0.3 is 10.2 Å². The molecular weight excluding hydrogens is 240 g/mol. The molecule has 0 saturated carbocycles. The first-order valence-electron chi connectivity index (χ1n) is 5.88. The normalized spacial score (nSPS) is 24.9. The molecule has 0 amide bonds. The highest BCUT2D eigenvalue weighted by Crippen LogP contribution is 2.23. The molecule has 1 aliphatic rings. The Labute approximate surface area is 101 Å². The monoisotopic (exact) mass is 258 g/mol. The summed E-state index contributed by atoms with van der Waals surface area (Å²) < 4.78 is 28.8. The van der Waals surface area contributed by atoms with Crippen LogP contribution in [0.1, 0.15) is 31.4 Å². The van der Waals surface area contributed by atoms with Gasteiger partial charge in [-0.25, -0.2) is 13.4 Å². The van der Waals surface area contributed by atoms with Crippen molar-refractivity contribution in [3.63, 3.8) is 0 Å². The van der Waals surface area contributed by atoms with Crippen molar-refractivity contribution in [2.75, 3.05) is 5.75 Å². The van der Waals surface area contributed by atoms with Crippen LogP contribution in [0.4, 0.5) is 0 Å². The molecule has 1 fully saturated rings. The van der Waals surface area contributed by atoms with Crippen LogP contribution in [0.5, 0.6) is 0 Å². The Balaban J connectivity index is 2.02. The third-order valence-electron chi connectivity index (χ3n) is 2.99. The second-order valence-electron chi connectivity index (χ2n) is 4.74. The predicted molar refractivity (Wildman–Crippen MR) is 64.4 cm³/mol. The Kier molecular flexibility index (Phi) is 3.53. The number of rotatable bonds is 4. The first-order chi connectivity index (χ1) is 7.97. The lowest BCUT2D eigenvalue weighted by atomic mass is 10.2. The maximum absolute atomic E-state index is 11.7. The van der Waals surface area contributed by atoms with Crippen molar-refractivity contribution in [1.82, 2.24) is 4.98 Å². The van der Waals surface area contributed by atoms with Crippen LogP contribution in [-0.2, 0) is 22.7 Å². The zero-order valence-corrected chi connectivity index (χ0v) is 10.7. The van der Waals surface area contributed by atoms with Crippen LogP contribution in [0, 0.1) is 0 Å². The van der Waals surface area contributed by atoms with Crippen molar-refractivity contribution in [3.8, 4) is 0 Å². The average Bonchev–Trinajstić information content (AvgIpc) is 2.75. The van der Waals surface area contributed by atoms with E-state index in [0.29, 0.717) is 30.9 Å². The van der Waals surface area contributed by atoms with E-state index in [-0.39, 0.29) is 11.3 Å². The highest BCUT2D eigenvalue weighted by atomic mass is 32.2. The average molecular weight is 258 g/mol. The van der Waals surface area contributed by atoms with Crippen LogP contribution in [0.15, 0.2) is 10.6 Å². The Morgan fingerprint density at radius 1 is 1.65 bits per heavy atom. The van der Waals surface area contributed by atoms with E-state index in [0.717, 1.165) is 12.2 Å².